The molecule has 0 bridgehead atoms. The highest BCUT2D eigenvalue weighted by atomic mass is 79.9. The Hall–Kier alpha value is 0.400. The van der Waals surface area contributed by atoms with Gasteiger partial charge < -0.3 is 4.74 Å². The van der Waals surface area contributed by atoms with Crippen molar-refractivity contribution in [3.63, 3.8) is 0 Å². The van der Waals surface area contributed by atoms with Crippen molar-refractivity contribution in [2.24, 2.45) is 0 Å². The summed E-state index contributed by atoms with van der Waals surface area (Å²) in [5.41, 5.74) is 0.0168. The van der Waals surface area contributed by atoms with Crippen LogP contribution in [0.1, 0.15) is 40.0 Å². The van der Waals surface area contributed by atoms with Crippen LogP contribution >= 0.6 is 15.9 Å². The summed E-state index contributed by atoms with van der Waals surface area (Å²) in [6.45, 7) is 10.0. The first kappa shape index (κ1) is 13.5. The van der Waals surface area contributed by atoms with Crippen LogP contribution < -0.4 is 0 Å². The standard InChI is InChI=1S/C12H24BrNO/c1-4-5-6-7-14-9-11(8-13)15-12(2,3)10-14/h11H,4-10H2,1-3H3. The Labute approximate surface area is 102 Å². The summed E-state index contributed by atoms with van der Waals surface area (Å²) in [5.74, 6) is 0. The molecule has 1 atom stereocenters. The third-order valence-corrected chi connectivity index (χ3v) is 3.52. The van der Waals surface area contributed by atoms with E-state index in [0.29, 0.717) is 6.10 Å². The van der Waals surface area contributed by atoms with Crippen molar-refractivity contribution in [2.45, 2.75) is 51.7 Å². The average molecular weight is 278 g/mol. The summed E-state index contributed by atoms with van der Waals surface area (Å²) < 4.78 is 5.97. The summed E-state index contributed by atoms with van der Waals surface area (Å²) in [5, 5.41) is 0.945. The van der Waals surface area contributed by atoms with Gasteiger partial charge in [-0.1, -0.05) is 35.7 Å². The molecule has 1 heterocycles. The lowest BCUT2D eigenvalue weighted by atomic mass is 10.1. The number of rotatable bonds is 5. The van der Waals surface area contributed by atoms with E-state index in [1.165, 1.54) is 25.8 Å². The van der Waals surface area contributed by atoms with Crippen molar-refractivity contribution >= 4 is 15.9 Å². The second kappa shape index (κ2) is 6.21. The van der Waals surface area contributed by atoms with Gasteiger partial charge in [-0.05, 0) is 26.8 Å². The largest absolute Gasteiger partial charge is 0.369 e. The van der Waals surface area contributed by atoms with Gasteiger partial charge in [0.15, 0.2) is 0 Å². The number of nitrogens with zero attached hydrogens (tertiary/aromatic N) is 1. The van der Waals surface area contributed by atoms with Crippen LogP contribution in [-0.2, 0) is 4.74 Å². The van der Waals surface area contributed by atoms with E-state index in [-0.39, 0.29) is 5.60 Å². The van der Waals surface area contributed by atoms with Gasteiger partial charge in [0, 0.05) is 18.4 Å². The Balaban J connectivity index is 2.36. The molecular weight excluding hydrogens is 254 g/mol. The summed E-state index contributed by atoms with van der Waals surface area (Å²) in [6.07, 6.45) is 4.32. The third-order valence-electron chi connectivity index (χ3n) is 2.80. The molecule has 0 aromatic heterocycles. The molecule has 0 radical (unpaired) electrons. The van der Waals surface area contributed by atoms with Gasteiger partial charge in [-0.3, -0.25) is 4.90 Å². The first-order valence-electron chi connectivity index (χ1n) is 6.03. The van der Waals surface area contributed by atoms with E-state index in [0.717, 1.165) is 18.4 Å². The topological polar surface area (TPSA) is 12.5 Å². The van der Waals surface area contributed by atoms with Gasteiger partial charge in [0.05, 0.1) is 11.7 Å². The minimum Gasteiger partial charge on any atom is -0.369 e. The fourth-order valence-electron chi connectivity index (χ4n) is 2.25. The minimum absolute atomic E-state index is 0.0168. The van der Waals surface area contributed by atoms with Crippen molar-refractivity contribution in [2.75, 3.05) is 25.0 Å². The van der Waals surface area contributed by atoms with Crippen molar-refractivity contribution in [1.82, 2.24) is 4.90 Å². The molecule has 1 unspecified atom stereocenters. The van der Waals surface area contributed by atoms with E-state index in [1.54, 1.807) is 0 Å². The van der Waals surface area contributed by atoms with Gasteiger partial charge in [-0.15, -0.1) is 0 Å². The number of morpholine rings is 1. The SMILES string of the molecule is CCCCCN1CC(CBr)OC(C)(C)C1. The van der Waals surface area contributed by atoms with Crippen molar-refractivity contribution < 1.29 is 4.74 Å². The smallest absolute Gasteiger partial charge is 0.0806 e. The second-order valence-electron chi connectivity index (χ2n) is 5.10. The van der Waals surface area contributed by atoms with Crippen LogP contribution in [0.5, 0.6) is 0 Å². The molecule has 0 N–H and O–H groups in total. The number of ether oxygens (including phenoxy) is 1. The maximum atomic E-state index is 5.97. The molecule has 90 valence electrons. The highest BCUT2D eigenvalue weighted by Gasteiger charge is 2.32. The molecule has 1 rings (SSSR count). The van der Waals surface area contributed by atoms with Crippen LogP contribution in [0.4, 0.5) is 0 Å². The van der Waals surface area contributed by atoms with Gasteiger partial charge >= 0.3 is 0 Å². The molecule has 0 aliphatic carbocycles. The molecule has 1 fully saturated rings. The zero-order valence-electron chi connectivity index (χ0n) is 10.3. The van der Waals surface area contributed by atoms with Crippen molar-refractivity contribution in [3.05, 3.63) is 0 Å². The Kier molecular flexibility index (Phi) is 5.58. The van der Waals surface area contributed by atoms with Crippen LogP contribution in [0, 0.1) is 0 Å². The number of alkyl halides is 1. The number of halogens is 1. The fourth-order valence-corrected chi connectivity index (χ4v) is 2.59. The monoisotopic (exact) mass is 277 g/mol. The lowest BCUT2D eigenvalue weighted by Gasteiger charge is -2.42. The lowest BCUT2D eigenvalue weighted by molar-refractivity contribution is -0.126. The second-order valence-corrected chi connectivity index (χ2v) is 5.74. The molecule has 1 aliphatic rings. The van der Waals surface area contributed by atoms with Crippen LogP contribution in [0.2, 0.25) is 0 Å². The molecule has 0 aromatic carbocycles. The van der Waals surface area contributed by atoms with E-state index in [1.807, 2.05) is 0 Å². The number of hydrogen-bond donors (Lipinski definition) is 0. The van der Waals surface area contributed by atoms with E-state index in [2.05, 4.69) is 41.6 Å². The maximum Gasteiger partial charge on any atom is 0.0806 e. The number of unbranched alkanes of at least 4 members (excludes halogenated alkanes) is 2. The minimum atomic E-state index is 0.0168. The first-order valence-corrected chi connectivity index (χ1v) is 7.15. The molecule has 15 heavy (non-hydrogen) atoms. The van der Waals surface area contributed by atoms with Gasteiger partial charge in [0.1, 0.15) is 0 Å². The summed E-state index contributed by atoms with van der Waals surface area (Å²) in [4.78, 5) is 2.55. The molecular formula is C12H24BrNO. The number of hydrogen-bond acceptors (Lipinski definition) is 2. The van der Waals surface area contributed by atoms with Gasteiger partial charge in [-0.2, -0.15) is 0 Å². The van der Waals surface area contributed by atoms with Crippen LogP contribution in [-0.4, -0.2) is 41.6 Å². The van der Waals surface area contributed by atoms with E-state index in [9.17, 15) is 0 Å². The van der Waals surface area contributed by atoms with Crippen molar-refractivity contribution in [3.8, 4) is 0 Å². The molecule has 1 saturated heterocycles. The Morgan fingerprint density at radius 1 is 1.40 bits per heavy atom. The average Bonchev–Trinajstić information content (AvgIpc) is 2.16. The molecule has 1 aliphatic heterocycles. The van der Waals surface area contributed by atoms with Crippen LogP contribution in [0.15, 0.2) is 0 Å². The van der Waals surface area contributed by atoms with Gasteiger partial charge in [0.2, 0.25) is 0 Å². The van der Waals surface area contributed by atoms with Gasteiger partial charge in [0.25, 0.3) is 0 Å². The summed E-state index contributed by atoms with van der Waals surface area (Å²) in [6, 6.07) is 0. The van der Waals surface area contributed by atoms with E-state index < -0.39 is 0 Å². The zero-order chi connectivity index (χ0) is 11.3. The highest BCUT2D eigenvalue weighted by molar-refractivity contribution is 9.09. The fraction of sp³-hybridized carbons (Fsp3) is 1.00. The molecule has 2 nitrogen and oxygen atoms in total. The maximum absolute atomic E-state index is 5.97. The normalized spacial score (nSPS) is 26.8. The predicted molar refractivity (Wildman–Crippen MR) is 68.7 cm³/mol. The van der Waals surface area contributed by atoms with Crippen LogP contribution in [0.3, 0.4) is 0 Å². The predicted octanol–water partition coefficient (Wildman–Crippen LogP) is 3.05. The first-order chi connectivity index (χ1) is 7.07. The van der Waals surface area contributed by atoms with E-state index >= 15 is 0 Å². The molecule has 0 saturated carbocycles. The molecule has 0 amide bonds. The zero-order valence-corrected chi connectivity index (χ0v) is 11.8. The Bertz CT molecular complexity index is 184. The summed E-state index contributed by atoms with van der Waals surface area (Å²) >= 11 is 3.52. The molecule has 3 heteroatoms. The van der Waals surface area contributed by atoms with Crippen LogP contribution in [0.25, 0.3) is 0 Å². The lowest BCUT2D eigenvalue weighted by Crippen LogP contribution is -2.53. The molecule has 0 spiro atoms. The van der Waals surface area contributed by atoms with Crippen molar-refractivity contribution in [1.29, 1.82) is 0 Å². The van der Waals surface area contributed by atoms with E-state index in [4.69, 9.17) is 4.74 Å². The summed E-state index contributed by atoms with van der Waals surface area (Å²) in [7, 11) is 0. The third kappa shape index (κ3) is 4.83. The Morgan fingerprint density at radius 2 is 2.13 bits per heavy atom. The Morgan fingerprint density at radius 3 is 2.73 bits per heavy atom. The quantitative estimate of drug-likeness (QED) is 0.566. The van der Waals surface area contributed by atoms with Gasteiger partial charge in [-0.25, -0.2) is 0 Å². The highest BCUT2D eigenvalue weighted by Crippen LogP contribution is 2.22. The molecule has 0 aromatic rings.